The highest BCUT2D eigenvalue weighted by atomic mass is 16.5. The Labute approximate surface area is 102 Å². The van der Waals surface area contributed by atoms with Crippen LogP contribution in [0.4, 0.5) is 5.95 Å². The highest BCUT2D eigenvalue weighted by Crippen LogP contribution is 2.14. The van der Waals surface area contributed by atoms with E-state index < -0.39 is 0 Å². The molecule has 1 aliphatic heterocycles. The van der Waals surface area contributed by atoms with Gasteiger partial charge in [0.2, 0.25) is 11.8 Å². The number of nitrogens with zero attached hydrogens (tertiary/aromatic N) is 3. The summed E-state index contributed by atoms with van der Waals surface area (Å²) >= 11 is 0. The second kappa shape index (κ2) is 5.82. The zero-order chi connectivity index (χ0) is 12.1. The maximum atomic E-state index is 5.58. The van der Waals surface area contributed by atoms with E-state index in [0.717, 1.165) is 38.5 Å². The van der Waals surface area contributed by atoms with Gasteiger partial charge in [-0.15, -0.1) is 0 Å². The molecule has 1 N–H and O–H groups in total. The minimum atomic E-state index is 0.142. The fourth-order valence-electron chi connectivity index (χ4n) is 1.84. The molecule has 5 nitrogen and oxygen atoms in total. The lowest BCUT2D eigenvalue weighted by atomic mass is 10.4. The van der Waals surface area contributed by atoms with Crippen LogP contribution in [-0.2, 0) is 0 Å². The van der Waals surface area contributed by atoms with Crippen molar-refractivity contribution >= 4 is 5.95 Å². The standard InChI is InChI=1S/C12H20N4O/c1-10(2)17-11-4-6-14-12(15-11)16-8-3-5-13-7-9-16/h4,6,10,13H,3,5,7-9H2,1-2H3. The van der Waals surface area contributed by atoms with Crippen LogP contribution in [0, 0.1) is 0 Å². The normalized spacial score (nSPS) is 17.0. The second-order valence-corrected chi connectivity index (χ2v) is 4.45. The van der Waals surface area contributed by atoms with Gasteiger partial charge in [-0.2, -0.15) is 4.98 Å². The maximum Gasteiger partial charge on any atom is 0.228 e. The molecule has 1 saturated heterocycles. The van der Waals surface area contributed by atoms with Crippen molar-refractivity contribution in [2.75, 3.05) is 31.1 Å². The van der Waals surface area contributed by atoms with Crippen molar-refractivity contribution in [3.63, 3.8) is 0 Å². The minimum absolute atomic E-state index is 0.142. The molecule has 1 aromatic rings. The SMILES string of the molecule is CC(C)Oc1ccnc(N2CCCNCC2)n1. The molecule has 0 spiro atoms. The molecule has 0 saturated carbocycles. The van der Waals surface area contributed by atoms with E-state index in [4.69, 9.17) is 4.74 Å². The van der Waals surface area contributed by atoms with Gasteiger partial charge in [0.15, 0.2) is 0 Å². The molecule has 17 heavy (non-hydrogen) atoms. The predicted octanol–water partition coefficient (Wildman–Crippen LogP) is 1.06. The molecule has 1 fully saturated rings. The van der Waals surface area contributed by atoms with E-state index >= 15 is 0 Å². The van der Waals surface area contributed by atoms with E-state index in [0.29, 0.717) is 5.88 Å². The number of ether oxygens (including phenoxy) is 1. The molecule has 0 atom stereocenters. The Morgan fingerprint density at radius 1 is 1.35 bits per heavy atom. The van der Waals surface area contributed by atoms with Crippen LogP contribution in [0.1, 0.15) is 20.3 Å². The Balaban J connectivity index is 2.08. The lowest BCUT2D eigenvalue weighted by Crippen LogP contribution is -2.29. The third-order valence-corrected chi connectivity index (χ3v) is 2.60. The summed E-state index contributed by atoms with van der Waals surface area (Å²) in [5.74, 6) is 1.43. The van der Waals surface area contributed by atoms with Gasteiger partial charge in [0.25, 0.3) is 0 Å². The molecular formula is C12H20N4O. The summed E-state index contributed by atoms with van der Waals surface area (Å²) in [4.78, 5) is 11.0. The van der Waals surface area contributed by atoms with Crippen LogP contribution in [-0.4, -0.2) is 42.3 Å². The van der Waals surface area contributed by atoms with Crippen molar-refractivity contribution < 1.29 is 4.74 Å². The van der Waals surface area contributed by atoms with E-state index in [1.165, 1.54) is 0 Å². The van der Waals surface area contributed by atoms with Crippen LogP contribution in [0.15, 0.2) is 12.3 Å². The molecule has 0 amide bonds. The van der Waals surface area contributed by atoms with E-state index in [1.807, 2.05) is 13.8 Å². The molecule has 2 rings (SSSR count). The van der Waals surface area contributed by atoms with Crippen molar-refractivity contribution in [2.24, 2.45) is 0 Å². The highest BCUT2D eigenvalue weighted by molar-refractivity contribution is 5.32. The van der Waals surface area contributed by atoms with Gasteiger partial charge in [0.05, 0.1) is 6.10 Å². The van der Waals surface area contributed by atoms with Gasteiger partial charge >= 0.3 is 0 Å². The Morgan fingerprint density at radius 3 is 3.06 bits per heavy atom. The summed E-state index contributed by atoms with van der Waals surface area (Å²) < 4.78 is 5.58. The van der Waals surface area contributed by atoms with E-state index in [2.05, 4.69) is 20.2 Å². The van der Waals surface area contributed by atoms with Gasteiger partial charge in [0, 0.05) is 31.9 Å². The summed E-state index contributed by atoms with van der Waals surface area (Å²) in [7, 11) is 0. The number of rotatable bonds is 3. The third kappa shape index (κ3) is 3.56. The third-order valence-electron chi connectivity index (χ3n) is 2.60. The molecule has 0 aromatic carbocycles. The quantitative estimate of drug-likeness (QED) is 0.850. The van der Waals surface area contributed by atoms with Crippen LogP contribution in [0.5, 0.6) is 5.88 Å². The first kappa shape index (κ1) is 12.1. The fourth-order valence-corrected chi connectivity index (χ4v) is 1.84. The molecule has 0 aliphatic carbocycles. The molecule has 0 unspecified atom stereocenters. The molecule has 0 radical (unpaired) electrons. The van der Waals surface area contributed by atoms with Crippen LogP contribution in [0.25, 0.3) is 0 Å². The Hall–Kier alpha value is -1.36. The molecular weight excluding hydrogens is 216 g/mol. The van der Waals surface area contributed by atoms with Crippen molar-refractivity contribution in [1.29, 1.82) is 0 Å². The lowest BCUT2D eigenvalue weighted by Gasteiger charge is -2.20. The largest absolute Gasteiger partial charge is 0.475 e. The van der Waals surface area contributed by atoms with E-state index in [9.17, 15) is 0 Å². The number of hydrogen-bond acceptors (Lipinski definition) is 5. The smallest absolute Gasteiger partial charge is 0.228 e. The summed E-state index contributed by atoms with van der Waals surface area (Å²) in [6.45, 7) is 8.00. The van der Waals surface area contributed by atoms with Crippen molar-refractivity contribution in [3.05, 3.63) is 12.3 Å². The number of aromatic nitrogens is 2. The first-order chi connectivity index (χ1) is 8.25. The van der Waals surface area contributed by atoms with Gasteiger partial charge < -0.3 is 15.0 Å². The van der Waals surface area contributed by atoms with Crippen molar-refractivity contribution in [1.82, 2.24) is 15.3 Å². The summed E-state index contributed by atoms with van der Waals surface area (Å²) in [6.07, 6.45) is 3.03. The van der Waals surface area contributed by atoms with Gasteiger partial charge in [-0.05, 0) is 26.8 Å². The number of nitrogens with one attached hydrogen (secondary N) is 1. The van der Waals surface area contributed by atoms with Crippen LogP contribution in [0.2, 0.25) is 0 Å². The summed E-state index contributed by atoms with van der Waals surface area (Å²) in [5, 5.41) is 3.37. The minimum Gasteiger partial charge on any atom is -0.475 e. The maximum absolute atomic E-state index is 5.58. The topological polar surface area (TPSA) is 50.3 Å². The second-order valence-electron chi connectivity index (χ2n) is 4.45. The molecule has 94 valence electrons. The summed E-state index contributed by atoms with van der Waals surface area (Å²) in [5.41, 5.74) is 0. The molecule has 1 aliphatic rings. The molecule has 2 heterocycles. The van der Waals surface area contributed by atoms with Gasteiger partial charge in [-0.1, -0.05) is 0 Å². The van der Waals surface area contributed by atoms with Gasteiger partial charge in [0.1, 0.15) is 0 Å². The van der Waals surface area contributed by atoms with E-state index in [1.54, 1.807) is 12.3 Å². The van der Waals surface area contributed by atoms with E-state index in [-0.39, 0.29) is 6.10 Å². The average Bonchev–Trinajstić information content (AvgIpc) is 2.57. The van der Waals surface area contributed by atoms with Crippen LogP contribution < -0.4 is 15.0 Å². The first-order valence-electron chi connectivity index (χ1n) is 6.21. The average molecular weight is 236 g/mol. The zero-order valence-electron chi connectivity index (χ0n) is 10.5. The van der Waals surface area contributed by atoms with Crippen LogP contribution >= 0.6 is 0 Å². The molecule has 1 aromatic heterocycles. The molecule has 0 bridgehead atoms. The Kier molecular flexibility index (Phi) is 4.14. The number of anilines is 1. The lowest BCUT2D eigenvalue weighted by molar-refractivity contribution is 0.232. The number of hydrogen-bond donors (Lipinski definition) is 1. The monoisotopic (exact) mass is 236 g/mol. The van der Waals surface area contributed by atoms with Crippen LogP contribution in [0.3, 0.4) is 0 Å². The van der Waals surface area contributed by atoms with Gasteiger partial charge in [-0.3, -0.25) is 0 Å². The Bertz CT molecular complexity index is 348. The zero-order valence-corrected chi connectivity index (χ0v) is 10.5. The first-order valence-corrected chi connectivity index (χ1v) is 6.21. The fraction of sp³-hybridized carbons (Fsp3) is 0.667. The van der Waals surface area contributed by atoms with Crippen molar-refractivity contribution in [3.8, 4) is 5.88 Å². The highest BCUT2D eigenvalue weighted by Gasteiger charge is 2.12. The molecule has 5 heteroatoms. The van der Waals surface area contributed by atoms with Gasteiger partial charge in [-0.25, -0.2) is 4.98 Å². The van der Waals surface area contributed by atoms with Crippen molar-refractivity contribution in [2.45, 2.75) is 26.4 Å². The Morgan fingerprint density at radius 2 is 2.24 bits per heavy atom. The predicted molar refractivity (Wildman–Crippen MR) is 67.5 cm³/mol. The summed E-state index contributed by atoms with van der Waals surface area (Å²) in [6, 6.07) is 1.81.